The Morgan fingerprint density at radius 3 is 2.50 bits per heavy atom. The molecule has 1 aliphatic heterocycles. The Morgan fingerprint density at radius 1 is 0.875 bits per heavy atom. The van der Waals surface area contributed by atoms with Gasteiger partial charge in [-0.3, -0.25) is 19.5 Å². The number of rotatable bonds is 6. The molecule has 5 rings (SSSR count). The summed E-state index contributed by atoms with van der Waals surface area (Å²) in [6.45, 7) is 6.23. The van der Waals surface area contributed by atoms with Crippen molar-refractivity contribution in [1.29, 1.82) is 0 Å². The Morgan fingerprint density at radius 2 is 1.75 bits per heavy atom. The monoisotopic (exact) mass is 536 g/mol. The van der Waals surface area contributed by atoms with Crippen LogP contribution in [0.3, 0.4) is 0 Å². The fraction of sp³-hybridized carbons (Fsp3) is 0.312. The van der Waals surface area contributed by atoms with Crippen LogP contribution < -0.4 is 4.90 Å². The first-order valence-corrected chi connectivity index (χ1v) is 13.9. The van der Waals surface area contributed by atoms with Crippen LogP contribution in [0.4, 0.5) is 5.69 Å². The van der Waals surface area contributed by atoms with E-state index in [1.54, 1.807) is 25.6 Å². The number of anilines is 1. The number of amides is 2. The molecule has 0 unspecified atom stereocenters. The lowest BCUT2D eigenvalue weighted by atomic mass is 10.0. The highest BCUT2D eigenvalue weighted by atomic mass is 16.2. The molecule has 8 nitrogen and oxygen atoms in total. The minimum atomic E-state index is 0.00205. The van der Waals surface area contributed by atoms with Gasteiger partial charge in [0.1, 0.15) is 0 Å². The molecule has 0 saturated heterocycles. The van der Waals surface area contributed by atoms with E-state index in [9.17, 15) is 9.59 Å². The third-order valence-electron chi connectivity index (χ3n) is 7.39. The van der Waals surface area contributed by atoms with Crippen LogP contribution in [0.15, 0.2) is 91.8 Å². The third kappa shape index (κ3) is 7.01. The lowest BCUT2D eigenvalue weighted by molar-refractivity contribution is -0.132. The number of hydrogen-bond acceptors (Lipinski definition) is 5. The van der Waals surface area contributed by atoms with E-state index in [2.05, 4.69) is 45.2 Å². The molecule has 40 heavy (non-hydrogen) atoms. The highest BCUT2D eigenvalue weighted by molar-refractivity contribution is 5.93. The molecule has 206 valence electrons. The number of carbonyl (C=O) groups excluding carboxylic acids is 2. The van der Waals surface area contributed by atoms with Crippen molar-refractivity contribution < 1.29 is 9.59 Å². The first kappa shape index (κ1) is 27.3. The maximum absolute atomic E-state index is 13.7. The van der Waals surface area contributed by atoms with E-state index in [-0.39, 0.29) is 11.8 Å². The van der Waals surface area contributed by atoms with Gasteiger partial charge in [-0.25, -0.2) is 4.98 Å². The third-order valence-corrected chi connectivity index (χ3v) is 7.39. The molecule has 0 saturated carbocycles. The van der Waals surface area contributed by atoms with Crippen LogP contribution >= 0.6 is 0 Å². The molecule has 0 fully saturated rings. The predicted octanol–water partition coefficient (Wildman–Crippen LogP) is 4.62. The molecule has 0 N–H and O–H groups in total. The molecule has 3 heterocycles. The van der Waals surface area contributed by atoms with Crippen LogP contribution in [0.2, 0.25) is 0 Å². The van der Waals surface area contributed by atoms with Crippen molar-refractivity contribution in [2.75, 3.05) is 31.1 Å². The minimum absolute atomic E-state index is 0.00205. The van der Waals surface area contributed by atoms with Gasteiger partial charge in [0.2, 0.25) is 11.8 Å². The van der Waals surface area contributed by atoms with E-state index in [0.717, 1.165) is 48.4 Å². The van der Waals surface area contributed by atoms with Gasteiger partial charge in [0.05, 0.1) is 6.33 Å². The van der Waals surface area contributed by atoms with Crippen molar-refractivity contribution in [2.45, 2.75) is 39.4 Å². The van der Waals surface area contributed by atoms with Crippen molar-refractivity contribution >= 4 is 17.5 Å². The van der Waals surface area contributed by atoms with Crippen LogP contribution in [0, 0.1) is 0 Å². The smallest absolute Gasteiger partial charge is 0.224 e. The standard InChI is InChI=1S/C32H36N6O2/c1-26(39)38-16-6-15-35(23-27-7-3-2-4-8-27)19-20-37(32(40)12-17-36-18-14-34-25-36)24-30-21-28(10-11-31(30)38)29-9-5-13-33-22-29/h2-5,7-11,13-14,18,21-22,25H,6,12,15-17,19-20,23-24H2,1H3. The average molecular weight is 537 g/mol. The topological polar surface area (TPSA) is 74.6 Å². The average Bonchev–Trinajstić information content (AvgIpc) is 3.49. The van der Waals surface area contributed by atoms with Crippen LogP contribution in [-0.4, -0.2) is 62.3 Å². The zero-order valence-electron chi connectivity index (χ0n) is 23.0. The zero-order chi connectivity index (χ0) is 27.7. The van der Waals surface area contributed by atoms with E-state index >= 15 is 0 Å². The van der Waals surface area contributed by atoms with Crippen LogP contribution in [0.25, 0.3) is 11.1 Å². The molecule has 0 radical (unpaired) electrons. The number of aryl methyl sites for hydroxylation is 1. The molecule has 0 aliphatic carbocycles. The van der Waals surface area contributed by atoms with Gasteiger partial charge < -0.3 is 14.4 Å². The van der Waals surface area contributed by atoms with E-state index in [4.69, 9.17) is 0 Å². The molecule has 1 aliphatic rings. The highest BCUT2D eigenvalue weighted by Gasteiger charge is 2.23. The number of aromatic nitrogens is 3. The number of carbonyl (C=O) groups is 2. The predicted molar refractivity (Wildman–Crippen MR) is 156 cm³/mol. The second kappa shape index (κ2) is 13.2. The SMILES string of the molecule is CC(=O)N1CCCN(Cc2ccccc2)CCN(C(=O)CCn2ccnc2)Cc2cc(-c3cccnc3)ccc21. The zero-order valence-corrected chi connectivity index (χ0v) is 23.0. The molecule has 2 aromatic carbocycles. The van der Waals surface area contributed by atoms with Gasteiger partial charge in [0, 0.05) is 89.6 Å². The van der Waals surface area contributed by atoms with E-state index in [1.165, 1.54) is 5.56 Å². The fourth-order valence-corrected chi connectivity index (χ4v) is 5.26. The number of hydrogen-bond donors (Lipinski definition) is 0. The van der Waals surface area contributed by atoms with Crippen molar-refractivity contribution in [3.8, 4) is 11.1 Å². The van der Waals surface area contributed by atoms with Crippen LogP contribution in [0.1, 0.15) is 30.9 Å². The lowest BCUT2D eigenvalue weighted by Crippen LogP contribution is -2.38. The molecule has 4 aromatic rings. The molecule has 0 atom stereocenters. The Balaban J connectivity index is 1.47. The summed E-state index contributed by atoms with van der Waals surface area (Å²) in [5.41, 5.74) is 5.08. The maximum Gasteiger partial charge on any atom is 0.224 e. The first-order valence-electron chi connectivity index (χ1n) is 13.9. The largest absolute Gasteiger partial charge is 0.337 e. The van der Waals surface area contributed by atoms with Gasteiger partial charge >= 0.3 is 0 Å². The summed E-state index contributed by atoms with van der Waals surface area (Å²) in [5.74, 6) is 0.0851. The second-order valence-electron chi connectivity index (χ2n) is 10.2. The quantitative estimate of drug-likeness (QED) is 0.360. The number of fused-ring (bicyclic) bond motifs is 1. The van der Waals surface area contributed by atoms with Gasteiger partial charge in [-0.15, -0.1) is 0 Å². The fourth-order valence-electron chi connectivity index (χ4n) is 5.26. The molecular formula is C32H36N6O2. The van der Waals surface area contributed by atoms with Crippen molar-refractivity contribution in [2.24, 2.45) is 0 Å². The summed E-state index contributed by atoms with van der Waals surface area (Å²) in [4.78, 5) is 41.2. The molecule has 8 heteroatoms. The maximum atomic E-state index is 13.7. The molecule has 0 spiro atoms. The first-order chi connectivity index (χ1) is 19.6. The number of nitrogens with zero attached hydrogens (tertiary/aromatic N) is 6. The molecular weight excluding hydrogens is 500 g/mol. The van der Waals surface area contributed by atoms with Gasteiger partial charge in [-0.2, -0.15) is 0 Å². The van der Waals surface area contributed by atoms with Gasteiger partial charge in [0.25, 0.3) is 0 Å². The highest BCUT2D eigenvalue weighted by Crippen LogP contribution is 2.30. The molecule has 2 aromatic heterocycles. The number of pyridine rings is 1. The Labute approximate surface area is 235 Å². The minimum Gasteiger partial charge on any atom is -0.337 e. The summed E-state index contributed by atoms with van der Waals surface area (Å²) < 4.78 is 1.93. The summed E-state index contributed by atoms with van der Waals surface area (Å²) >= 11 is 0. The van der Waals surface area contributed by atoms with Crippen molar-refractivity contribution in [1.82, 2.24) is 24.3 Å². The summed E-state index contributed by atoms with van der Waals surface area (Å²) in [6, 6.07) is 20.5. The molecule has 0 bridgehead atoms. The van der Waals surface area contributed by atoms with Crippen LogP contribution in [0.5, 0.6) is 0 Å². The van der Waals surface area contributed by atoms with Crippen molar-refractivity contribution in [3.63, 3.8) is 0 Å². The number of benzene rings is 2. The summed E-state index contributed by atoms with van der Waals surface area (Å²) in [6.07, 6.45) is 10.2. The second-order valence-corrected chi connectivity index (χ2v) is 10.2. The normalized spacial score (nSPS) is 14.8. The Hall–Kier alpha value is -4.30. The van der Waals surface area contributed by atoms with Crippen molar-refractivity contribution in [3.05, 3.63) is 103 Å². The summed E-state index contributed by atoms with van der Waals surface area (Å²) in [7, 11) is 0. The lowest BCUT2D eigenvalue weighted by Gasteiger charge is -2.28. The summed E-state index contributed by atoms with van der Waals surface area (Å²) in [5, 5.41) is 0. The van der Waals surface area contributed by atoms with Gasteiger partial charge in [-0.05, 0) is 46.9 Å². The Bertz CT molecular complexity index is 1390. The van der Waals surface area contributed by atoms with Gasteiger partial charge in [0.15, 0.2) is 0 Å². The van der Waals surface area contributed by atoms with Gasteiger partial charge in [-0.1, -0.05) is 42.5 Å². The van der Waals surface area contributed by atoms with E-state index in [0.29, 0.717) is 32.6 Å². The van der Waals surface area contributed by atoms with Crippen LogP contribution in [-0.2, 0) is 29.2 Å². The Kier molecular flexibility index (Phi) is 8.98. The van der Waals surface area contributed by atoms with E-state index < -0.39 is 0 Å². The number of imidazole rings is 1. The molecule has 2 amide bonds. The van der Waals surface area contributed by atoms with E-state index in [1.807, 2.05) is 57.1 Å².